The van der Waals surface area contributed by atoms with Gasteiger partial charge in [0.25, 0.3) is 0 Å². The molecule has 0 bridgehead atoms. The number of carboxylic acids is 1. The lowest BCUT2D eigenvalue weighted by atomic mass is 9.69. The minimum atomic E-state index is -0.998. The number of halogens is 2. The molecule has 0 radical (unpaired) electrons. The summed E-state index contributed by atoms with van der Waals surface area (Å²) in [7, 11) is 0. The molecule has 0 atom stereocenters. The third-order valence-electron chi connectivity index (χ3n) is 5.44. The summed E-state index contributed by atoms with van der Waals surface area (Å²) in [5.74, 6) is -0.490. The predicted molar refractivity (Wildman–Crippen MR) is 103 cm³/mol. The van der Waals surface area contributed by atoms with Gasteiger partial charge in [0, 0.05) is 10.7 Å². The van der Waals surface area contributed by atoms with E-state index in [2.05, 4.69) is 5.32 Å². The Morgan fingerprint density at radius 2 is 1.89 bits per heavy atom. The van der Waals surface area contributed by atoms with Crippen LogP contribution in [0.4, 0.5) is 5.69 Å². The first kappa shape index (κ1) is 18.1. The van der Waals surface area contributed by atoms with Crippen LogP contribution >= 0.6 is 23.2 Å². The Kier molecular flexibility index (Phi) is 4.52. The highest BCUT2D eigenvalue weighted by Gasteiger charge is 2.49. The van der Waals surface area contributed by atoms with E-state index in [1.54, 1.807) is 30.3 Å². The van der Waals surface area contributed by atoms with E-state index in [1.165, 1.54) is 6.07 Å². The summed E-state index contributed by atoms with van der Waals surface area (Å²) in [6, 6.07) is 9.90. The first-order valence-electron chi connectivity index (χ1n) is 8.70. The van der Waals surface area contributed by atoms with Gasteiger partial charge in [0.15, 0.2) is 0 Å². The molecule has 5 nitrogen and oxygen atoms in total. The maximum absolute atomic E-state index is 12.7. The highest BCUT2D eigenvalue weighted by Crippen LogP contribution is 2.48. The first-order chi connectivity index (χ1) is 12.9. The lowest BCUT2D eigenvalue weighted by molar-refractivity contribution is -0.122. The number of amides is 1. The molecule has 7 heteroatoms. The Hall–Kier alpha value is -2.24. The summed E-state index contributed by atoms with van der Waals surface area (Å²) >= 11 is 12.1. The zero-order valence-electron chi connectivity index (χ0n) is 14.3. The van der Waals surface area contributed by atoms with Gasteiger partial charge in [-0.25, -0.2) is 4.79 Å². The van der Waals surface area contributed by atoms with Gasteiger partial charge in [0.05, 0.1) is 22.1 Å². The van der Waals surface area contributed by atoms with Crippen LogP contribution in [-0.4, -0.2) is 23.1 Å². The fraction of sp³-hybridized carbons (Fsp3) is 0.300. The summed E-state index contributed by atoms with van der Waals surface area (Å²) in [5.41, 5.74) is 0.973. The van der Waals surface area contributed by atoms with Gasteiger partial charge in [0.1, 0.15) is 5.75 Å². The molecular weight excluding hydrogens is 389 g/mol. The summed E-state index contributed by atoms with van der Waals surface area (Å²) in [6.07, 6.45) is 2.45. The number of aromatic carboxylic acids is 1. The lowest BCUT2D eigenvalue weighted by Gasteiger charge is -2.36. The second-order valence-electron chi connectivity index (χ2n) is 6.99. The van der Waals surface area contributed by atoms with Crippen molar-refractivity contribution in [1.82, 2.24) is 0 Å². The number of carbonyl (C=O) groups excluding carboxylic acids is 1. The molecule has 0 saturated heterocycles. The zero-order chi connectivity index (χ0) is 19.2. The van der Waals surface area contributed by atoms with Crippen molar-refractivity contribution in [1.29, 1.82) is 0 Å². The molecule has 0 aromatic heterocycles. The highest BCUT2D eigenvalue weighted by molar-refractivity contribution is 6.35. The van der Waals surface area contributed by atoms with Crippen LogP contribution in [0.2, 0.25) is 10.0 Å². The van der Waals surface area contributed by atoms with Gasteiger partial charge in [-0.05, 0) is 67.6 Å². The van der Waals surface area contributed by atoms with Gasteiger partial charge < -0.3 is 15.2 Å². The SMILES string of the molecule is O=C(O)c1ccc2c(c1)C1(CCC(Oc3ccc(Cl)cc3Cl)CC1)C(=O)N2. The quantitative estimate of drug-likeness (QED) is 0.760. The van der Waals surface area contributed by atoms with Gasteiger partial charge in [-0.2, -0.15) is 0 Å². The molecule has 1 fully saturated rings. The zero-order valence-corrected chi connectivity index (χ0v) is 15.8. The first-order valence-corrected chi connectivity index (χ1v) is 9.46. The second kappa shape index (κ2) is 6.73. The van der Waals surface area contributed by atoms with Crippen LogP contribution in [0.1, 0.15) is 41.6 Å². The molecule has 2 aromatic rings. The highest BCUT2D eigenvalue weighted by atomic mass is 35.5. The van der Waals surface area contributed by atoms with Crippen molar-refractivity contribution in [3.05, 3.63) is 57.6 Å². The smallest absolute Gasteiger partial charge is 0.335 e. The molecule has 2 aliphatic rings. The van der Waals surface area contributed by atoms with Crippen molar-refractivity contribution in [2.24, 2.45) is 0 Å². The van der Waals surface area contributed by atoms with Crippen LogP contribution in [0.5, 0.6) is 5.75 Å². The minimum absolute atomic E-state index is 0.0613. The van der Waals surface area contributed by atoms with Crippen molar-refractivity contribution < 1.29 is 19.4 Å². The van der Waals surface area contributed by atoms with Crippen LogP contribution in [0.15, 0.2) is 36.4 Å². The van der Waals surface area contributed by atoms with Gasteiger partial charge in [0.2, 0.25) is 5.91 Å². The van der Waals surface area contributed by atoms with Crippen LogP contribution in [0.25, 0.3) is 0 Å². The Bertz CT molecular complexity index is 936. The maximum Gasteiger partial charge on any atom is 0.335 e. The largest absolute Gasteiger partial charge is 0.489 e. The van der Waals surface area contributed by atoms with Crippen LogP contribution in [0.3, 0.4) is 0 Å². The van der Waals surface area contributed by atoms with E-state index in [-0.39, 0.29) is 17.6 Å². The third kappa shape index (κ3) is 3.15. The van der Waals surface area contributed by atoms with Gasteiger partial charge in [-0.15, -0.1) is 0 Å². The van der Waals surface area contributed by atoms with Crippen LogP contribution in [-0.2, 0) is 10.2 Å². The van der Waals surface area contributed by atoms with E-state index in [0.29, 0.717) is 47.2 Å². The fourth-order valence-electron chi connectivity index (χ4n) is 4.00. The molecule has 140 valence electrons. The number of ether oxygens (including phenoxy) is 1. The number of fused-ring (bicyclic) bond motifs is 2. The standard InChI is InChI=1S/C20H17Cl2NO4/c21-12-2-4-17(15(22)10-12)27-13-5-7-20(8-6-13)14-9-11(18(24)25)1-3-16(14)23-19(20)26/h1-4,9-10,13H,5-8H2,(H,23,26)(H,24,25). The molecule has 27 heavy (non-hydrogen) atoms. The van der Waals surface area contributed by atoms with E-state index in [9.17, 15) is 14.7 Å². The number of carbonyl (C=O) groups is 2. The molecule has 4 rings (SSSR count). The average molecular weight is 406 g/mol. The summed E-state index contributed by atoms with van der Waals surface area (Å²) < 4.78 is 6.01. The molecule has 1 saturated carbocycles. The average Bonchev–Trinajstić information content (AvgIpc) is 2.90. The molecule has 0 unspecified atom stereocenters. The maximum atomic E-state index is 12.7. The molecule has 2 aromatic carbocycles. The van der Waals surface area contributed by atoms with Crippen molar-refractivity contribution in [2.75, 3.05) is 5.32 Å². The number of benzene rings is 2. The molecule has 1 aliphatic carbocycles. The van der Waals surface area contributed by atoms with E-state index in [0.717, 1.165) is 5.56 Å². The molecule has 1 aliphatic heterocycles. The van der Waals surface area contributed by atoms with Crippen molar-refractivity contribution in [3.63, 3.8) is 0 Å². The van der Waals surface area contributed by atoms with Crippen LogP contribution in [0, 0.1) is 0 Å². The normalized spacial score (nSPS) is 23.8. The third-order valence-corrected chi connectivity index (χ3v) is 5.97. The molecule has 1 amide bonds. The number of nitrogens with one attached hydrogen (secondary N) is 1. The number of carboxylic acid groups (broad SMARTS) is 1. The number of hydrogen-bond donors (Lipinski definition) is 2. The molecule has 1 spiro atoms. The van der Waals surface area contributed by atoms with E-state index >= 15 is 0 Å². The monoisotopic (exact) mass is 405 g/mol. The fourth-order valence-corrected chi connectivity index (χ4v) is 4.45. The Labute approximate surface area is 166 Å². The second-order valence-corrected chi connectivity index (χ2v) is 7.84. The number of anilines is 1. The molecule has 1 heterocycles. The van der Waals surface area contributed by atoms with Gasteiger partial charge >= 0.3 is 5.97 Å². The Balaban J connectivity index is 1.54. The van der Waals surface area contributed by atoms with E-state index in [4.69, 9.17) is 27.9 Å². The van der Waals surface area contributed by atoms with Gasteiger partial charge in [-0.3, -0.25) is 4.79 Å². The van der Waals surface area contributed by atoms with Gasteiger partial charge in [-0.1, -0.05) is 23.2 Å². The number of hydrogen-bond acceptors (Lipinski definition) is 3. The van der Waals surface area contributed by atoms with E-state index < -0.39 is 11.4 Å². The molecule has 2 N–H and O–H groups in total. The minimum Gasteiger partial charge on any atom is -0.489 e. The Morgan fingerprint density at radius 3 is 2.56 bits per heavy atom. The van der Waals surface area contributed by atoms with Crippen LogP contribution < -0.4 is 10.1 Å². The predicted octanol–water partition coefficient (Wildman–Crippen LogP) is 4.90. The lowest BCUT2D eigenvalue weighted by Crippen LogP contribution is -2.41. The van der Waals surface area contributed by atoms with Crippen molar-refractivity contribution in [2.45, 2.75) is 37.2 Å². The summed E-state index contributed by atoms with van der Waals surface area (Å²) in [6.45, 7) is 0. The topological polar surface area (TPSA) is 75.6 Å². The van der Waals surface area contributed by atoms with Crippen molar-refractivity contribution >= 4 is 40.8 Å². The number of rotatable bonds is 3. The Morgan fingerprint density at radius 1 is 1.15 bits per heavy atom. The summed E-state index contributed by atoms with van der Waals surface area (Å²) in [5, 5.41) is 13.2. The molecular formula is C20H17Cl2NO4. The van der Waals surface area contributed by atoms with Crippen molar-refractivity contribution in [3.8, 4) is 5.75 Å². The summed E-state index contributed by atoms with van der Waals surface area (Å²) in [4.78, 5) is 24.0. The van der Waals surface area contributed by atoms with E-state index in [1.807, 2.05) is 0 Å².